The second-order valence-electron chi connectivity index (χ2n) is 4.05. The van der Waals surface area contributed by atoms with Gasteiger partial charge in [-0.05, 0) is 17.7 Å². The molecule has 0 radical (unpaired) electrons. The monoisotopic (exact) mass is 264 g/mol. The number of hydrogen-bond donors (Lipinski definition) is 2. The van der Waals surface area contributed by atoms with Crippen LogP contribution in [0.2, 0.25) is 5.02 Å². The van der Waals surface area contributed by atoms with Crippen molar-refractivity contribution >= 4 is 23.6 Å². The Kier molecular flexibility index (Phi) is 2.48. The summed E-state index contributed by atoms with van der Waals surface area (Å²) in [5.41, 5.74) is 1.72. The smallest absolute Gasteiger partial charge is 0.338 e. The average Bonchev–Trinajstić information content (AvgIpc) is 2.70. The van der Waals surface area contributed by atoms with Crippen molar-refractivity contribution in [3.05, 3.63) is 46.1 Å². The molecule has 0 aromatic heterocycles. The Balaban J connectivity index is 2.07. The molecule has 0 fully saturated rings. The standard InChI is InChI=1S/C12H9ClN2O3/c13-7-3-1-2-6(4-7)10-9-8(5-18-11(9)16)14-12(17)15-10/h1-4,10H,5H2,(H2,14,15,17)/t10-/m1/s1. The number of esters is 1. The van der Waals surface area contributed by atoms with Crippen LogP contribution in [0.15, 0.2) is 35.5 Å². The molecule has 0 bridgehead atoms. The molecule has 3 rings (SSSR count). The maximum absolute atomic E-state index is 11.7. The van der Waals surface area contributed by atoms with Gasteiger partial charge in [-0.25, -0.2) is 9.59 Å². The summed E-state index contributed by atoms with van der Waals surface area (Å²) < 4.78 is 4.93. The minimum atomic E-state index is -0.512. The van der Waals surface area contributed by atoms with E-state index in [0.29, 0.717) is 16.3 Å². The van der Waals surface area contributed by atoms with Crippen LogP contribution in [0, 0.1) is 0 Å². The number of amides is 2. The van der Waals surface area contributed by atoms with E-state index in [9.17, 15) is 9.59 Å². The van der Waals surface area contributed by atoms with Gasteiger partial charge in [0, 0.05) is 5.02 Å². The number of hydrogen-bond acceptors (Lipinski definition) is 3. The number of halogens is 1. The molecular weight excluding hydrogens is 256 g/mol. The highest BCUT2D eigenvalue weighted by atomic mass is 35.5. The van der Waals surface area contributed by atoms with Crippen molar-refractivity contribution < 1.29 is 14.3 Å². The molecule has 18 heavy (non-hydrogen) atoms. The number of nitrogens with one attached hydrogen (secondary N) is 2. The molecule has 2 heterocycles. The first-order chi connectivity index (χ1) is 8.65. The van der Waals surface area contributed by atoms with E-state index < -0.39 is 12.0 Å². The zero-order valence-corrected chi connectivity index (χ0v) is 9.95. The topological polar surface area (TPSA) is 67.4 Å². The summed E-state index contributed by atoms with van der Waals surface area (Å²) in [6.45, 7) is 0.110. The number of benzene rings is 1. The Morgan fingerprint density at radius 2 is 2.17 bits per heavy atom. The third-order valence-electron chi connectivity index (χ3n) is 2.90. The number of urea groups is 1. The molecule has 0 saturated heterocycles. The van der Waals surface area contributed by atoms with Crippen LogP contribution in [0.3, 0.4) is 0 Å². The summed E-state index contributed by atoms with van der Waals surface area (Å²) in [5.74, 6) is -0.414. The molecule has 1 atom stereocenters. The molecule has 0 spiro atoms. The lowest BCUT2D eigenvalue weighted by atomic mass is 9.96. The first-order valence-corrected chi connectivity index (χ1v) is 5.76. The fourth-order valence-electron chi connectivity index (χ4n) is 2.12. The largest absolute Gasteiger partial charge is 0.456 e. The first-order valence-electron chi connectivity index (χ1n) is 5.38. The van der Waals surface area contributed by atoms with Crippen LogP contribution < -0.4 is 10.6 Å². The van der Waals surface area contributed by atoms with E-state index in [-0.39, 0.29) is 12.6 Å². The highest BCUT2D eigenvalue weighted by Gasteiger charge is 2.37. The van der Waals surface area contributed by atoms with E-state index in [0.717, 1.165) is 5.56 Å². The third kappa shape index (κ3) is 1.73. The lowest BCUT2D eigenvalue weighted by Gasteiger charge is -2.24. The predicted molar refractivity (Wildman–Crippen MR) is 63.8 cm³/mol. The van der Waals surface area contributed by atoms with Crippen LogP contribution in [0.4, 0.5) is 4.79 Å². The summed E-state index contributed by atoms with van der Waals surface area (Å²) >= 11 is 5.92. The molecule has 2 N–H and O–H groups in total. The number of cyclic esters (lactones) is 1. The van der Waals surface area contributed by atoms with Crippen LogP contribution >= 0.6 is 11.6 Å². The van der Waals surface area contributed by atoms with E-state index in [4.69, 9.17) is 16.3 Å². The van der Waals surface area contributed by atoms with Crippen molar-refractivity contribution in [2.75, 3.05) is 6.61 Å². The van der Waals surface area contributed by atoms with Crippen LogP contribution in [-0.4, -0.2) is 18.6 Å². The lowest BCUT2D eigenvalue weighted by Crippen LogP contribution is -2.44. The van der Waals surface area contributed by atoms with Crippen molar-refractivity contribution in [2.24, 2.45) is 0 Å². The molecule has 0 unspecified atom stereocenters. The van der Waals surface area contributed by atoms with Crippen LogP contribution in [0.1, 0.15) is 11.6 Å². The summed E-state index contributed by atoms with van der Waals surface area (Å²) in [5, 5.41) is 5.82. The average molecular weight is 265 g/mol. The number of ether oxygens (including phenoxy) is 1. The van der Waals surface area contributed by atoms with Gasteiger partial charge in [-0.1, -0.05) is 23.7 Å². The molecule has 1 aromatic carbocycles. The molecular formula is C12H9ClN2O3. The molecule has 92 valence electrons. The number of carbonyl (C=O) groups is 2. The van der Waals surface area contributed by atoms with Gasteiger partial charge in [0.1, 0.15) is 6.61 Å². The Labute approximate surface area is 108 Å². The van der Waals surface area contributed by atoms with Crippen LogP contribution in [0.5, 0.6) is 0 Å². The molecule has 6 heteroatoms. The van der Waals surface area contributed by atoms with Gasteiger partial charge in [-0.15, -0.1) is 0 Å². The van der Waals surface area contributed by atoms with Crippen LogP contribution in [-0.2, 0) is 9.53 Å². The quantitative estimate of drug-likeness (QED) is 0.756. The molecule has 0 aliphatic carbocycles. The SMILES string of the molecule is O=C1NC2=C(C(=O)OC2)[C@@H](c2cccc(Cl)c2)N1. The van der Waals surface area contributed by atoms with E-state index in [1.807, 2.05) is 0 Å². The van der Waals surface area contributed by atoms with E-state index in [1.165, 1.54) is 0 Å². The highest BCUT2D eigenvalue weighted by Crippen LogP contribution is 2.31. The van der Waals surface area contributed by atoms with Gasteiger partial charge in [0.05, 0.1) is 17.3 Å². The maximum atomic E-state index is 11.7. The van der Waals surface area contributed by atoms with Crippen LogP contribution in [0.25, 0.3) is 0 Å². The summed E-state index contributed by atoms with van der Waals surface area (Å²) in [7, 11) is 0. The fraction of sp³-hybridized carbons (Fsp3) is 0.167. The van der Waals surface area contributed by atoms with Crippen molar-refractivity contribution in [3.8, 4) is 0 Å². The van der Waals surface area contributed by atoms with Crippen molar-refractivity contribution in [2.45, 2.75) is 6.04 Å². The van der Waals surface area contributed by atoms with Gasteiger partial charge in [0.2, 0.25) is 0 Å². The molecule has 5 nitrogen and oxygen atoms in total. The second kappa shape index (κ2) is 4.03. The van der Waals surface area contributed by atoms with E-state index >= 15 is 0 Å². The van der Waals surface area contributed by atoms with Gasteiger partial charge < -0.3 is 15.4 Å². The van der Waals surface area contributed by atoms with Crippen molar-refractivity contribution in [3.63, 3.8) is 0 Å². The van der Waals surface area contributed by atoms with E-state index in [2.05, 4.69) is 10.6 Å². The normalized spacial score (nSPS) is 22.2. The van der Waals surface area contributed by atoms with Gasteiger partial charge in [0.25, 0.3) is 0 Å². The second-order valence-corrected chi connectivity index (χ2v) is 4.49. The molecule has 0 saturated carbocycles. The summed E-state index contributed by atoms with van der Waals surface area (Å²) in [4.78, 5) is 23.2. The predicted octanol–water partition coefficient (Wildman–Crippen LogP) is 1.50. The number of rotatable bonds is 1. The molecule has 1 aromatic rings. The Bertz CT molecular complexity index is 582. The Hall–Kier alpha value is -2.01. The van der Waals surface area contributed by atoms with Crippen molar-refractivity contribution in [1.29, 1.82) is 0 Å². The first kappa shape index (κ1) is 11.1. The zero-order chi connectivity index (χ0) is 12.7. The summed E-state index contributed by atoms with van der Waals surface area (Å²) in [6.07, 6.45) is 0. The zero-order valence-electron chi connectivity index (χ0n) is 9.20. The van der Waals surface area contributed by atoms with Gasteiger partial charge in [-0.3, -0.25) is 0 Å². The summed E-state index contributed by atoms with van der Waals surface area (Å²) in [6, 6.07) is 6.16. The highest BCUT2D eigenvalue weighted by molar-refractivity contribution is 6.30. The Morgan fingerprint density at radius 3 is 2.94 bits per heavy atom. The van der Waals surface area contributed by atoms with Crippen molar-refractivity contribution in [1.82, 2.24) is 10.6 Å². The Morgan fingerprint density at radius 1 is 1.33 bits per heavy atom. The molecule has 2 aliphatic heterocycles. The lowest BCUT2D eigenvalue weighted by molar-refractivity contribution is -0.136. The minimum absolute atomic E-state index is 0.110. The maximum Gasteiger partial charge on any atom is 0.338 e. The fourth-order valence-corrected chi connectivity index (χ4v) is 2.32. The van der Waals surface area contributed by atoms with Gasteiger partial charge >= 0.3 is 12.0 Å². The minimum Gasteiger partial charge on any atom is -0.456 e. The molecule has 2 aliphatic rings. The third-order valence-corrected chi connectivity index (χ3v) is 3.14. The van der Waals surface area contributed by atoms with E-state index in [1.54, 1.807) is 24.3 Å². The number of carbonyl (C=O) groups excluding carboxylic acids is 2. The van der Waals surface area contributed by atoms with Gasteiger partial charge in [-0.2, -0.15) is 0 Å². The van der Waals surface area contributed by atoms with Gasteiger partial charge in [0.15, 0.2) is 0 Å². The molecule has 2 amide bonds.